The normalized spacial score (nSPS) is 11.7. The maximum atomic E-state index is 13.2. The molecular formula is C21H16ClN3O2S. The number of methoxy groups -OCH3 is 1. The molecular weight excluding hydrogens is 394 g/mol. The van der Waals surface area contributed by atoms with E-state index in [2.05, 4.69) is 9.98 Å². The largest absolute Gasteiger partial charge is 0.497 e. The van der Waals surface area contributed by atoms with Crippen LogP contribution < -0.4 is 15.1 Å². The Kier molecular flexibility index (Phi) is 5.23. The molecule has 0 spiro atoms. The van der Waals surface area contributed by atoms with Crippen molar-refractivity contribution in [2.24, 2.45) is 4.99 Å². The molecule has 2 aromatic carbocycles. The first-order valence-corrected chi connectivity index (χ1v) is 9.75. The number of hydrogen-bond acceptors (Lipinski definition) is 5. The van der Waals surface area contributed by atoms with Crippen molar-refractivity contribution in [2.45, 2.75) is 6.54 Å². The lowest BCUT2D eigenvalue weighted by Crippen LogP contribution is -2.32. The number of benzene rings is 2. The SMILES string of the molecule is COc1cccc(Cn2c(=Nc3ccc(Cl)cc3)sc3ncccc3c2=O)c1. The Morgan fingerprint density at radius 2 is 1.96 bits per heavy atom. The molecule has 28 heavy (non-hydrogen) atoms. The summed E-state index contributed by atoms with van der Waals surface area (Å²) < 4.78 is 6.96. The van der Waals surface area contributed by atoms with Crippen molar-refractivity contribution < 1.29 is 4.74 Å². The van der Waals surface area contributed by atoms with Gasteiger partial charge in [-0.2, -0.15) is 0 Å². The van der Waals surface area contributed by atoms with Gasteiger partial charge >= 0.3 is 0 Å². The number of hydrogen-bond donors (Lipinski definition) is 0. The van der Waals surface area contributed by atoms with E-state index in [4.69, 9.17) is 16.3 Å². The smallest absolute Gasteiger partial charge is 0.263 e. The molecule has 5 nitrogen and oxygen atoms in total. The van der Waals surface area contributed by atoms with Crippen LogP contribution in [0.5, 0.6) is 5.75 Å². The molecule has 0 N–H and O–H groups in total. The van der Waals surface area contributed by atoms with Crippen LogP contribution in [0.1, 0.15) is 5.56 Å². The van der Waals surface area contributed by atoms with Crippen LogP contribution in [-0.2, 0) is 6.54 Å². The molecule has 0 aliphatic heterocycles. The first-order chi connectivity index (χ1) is 13.6. The van der Waals surface area contributed by atoms with E-state index in [1.165, 1.54) is 11.3 Å². The summed E-state index contributed by atoms with van der Waals surface area (Å²) in [5.74, 6) is 0.743. The van der Waals surface area contributed by atoms with Crippen LogP contribution in [0, 0.1) is 0 Å². The zero-order chi connectivity index (χ0) is 19.5. The van der Waals surface area contributed by atoms with Gasteiger partial charge in [0.05, 0.1) is 24.7 Å². The molecule has 0 saturated heterocycles. The second kappa shape index (κ2) is 7.96. The average Bonchev–Trinajstić information content (AvgIpc) is 2.73. The Labute approximate surface area is 170 Å². The number of aromatic nitrogens is 2. The first kappa shape index (κ1) is 18.4. The Hall–Kier alpha value is -2.96. The van der Waals surface area contributed by atoms with Gasteiger partial charge in [0.1, 0.15) is 10.6 Å². The van der Waals surface area contributed by atoms with Crippen molar-refractivity contribution in [1.29, 1.82) is 0 Å². The van der Waals surface area contributed by atoms with Crippen molar-refractivity contribution in [1.82, 2.24) is 9.55 Å². The lowest BCUT2D eigenvalue weighted by atomic mass is 10.2. The van der Waals surface area contributed by atoms with Gasteiger partial charge in [-0.3, -0.25) is 9.36 Å². The van der Waals surface area contributed by atoms with E-state index in [9.17, 15) is 4.79 Å². The van der Waals surface area contributed by atoms with Gasteiger partial charge in [0.15, 0.2) is 4.80 Å². The molecule has 0 aliphatic carbocycles. The number of nitrogens with zero attached hydrogens (tertiary/aromatic N) is 3. The molecule has 0 atom stereocenters. The molecule has 2 heterocycles. The highest BCUT2D eigenvalue weighted by molar-refractivity contribution is 7.15. The fourth-order valence-electron chi connectivity index (χ4n) is 2.81. The van der Waals surface area contributed by atoms with Crippen molar-refractivity contribution in [3.63, 3.8) is 0 Å². The van der Waals surface area contributed by atoms with E-state index < -0.39 is 0 Å². The van der Waals surface area contributed by atoms with E-state index in [0.29, 0.717) is 26.6 Å². The third-order valence-corrected chi connectivity index (χ3v) is 5.46. The zero-order valence-corrected chi connectivity index (χ0v) is 16.6. The number of pyridine rings is 1. The van der Waals surface area contributed by atoms with Gasteiger partial charge in [0.2, 0.25) is 0 Å². The minimum Gasteiger partial charge on any atom is -0.497 e. The van der Waals surface area contributed by atoms with Crippen LogP contribution in [0.3, 0.4) is 0 Å². The van der Waals surface area contributed by atoms with Gasteiger partial charge in [-0.25, -0.2) is 9.98 Å². The fraction of sp³-hybridized carbons (Fsp3) is 0.0952. The molecule has 140 valence electrons. The third kappa shape index (κ3) is 3.83. The van der Waals surface area contributed by atoms with E-state index >= 15 is 0 Å². The molecule has 0 fully saturated rings. The first-order valence-electron chi connectivity index (χ1n) is 8.56. The summed E-state index contributed by atoms with van der Waals surface area (Å²) in [6, 6.07) is 18.4. The monoisotopic (exact) mass is 409 g/mol. The predicted molar refractivity (Wildman–Crippen MR) is 113 cm³/mol. The van der Waals surface area contributed by atoms with Gasteiger partial charge in [-0.05, 0) is 54.1 Å². The highest BCUT2D eigenvalue weighted by Gasteiger charge is 2.09. The van der Waals surface area contributed by atoms with Crippen molar-refractivity contribution >= 4 is 38.8 Å². The zero-order valence-electron chi connectivity index (χ0n) is 15.0. The summed E-state index contributed by atoms with van der Waals surface area (Å²) in [6.07, 6.45) is 1.68. The maximum Gasteiger partial charge on any atom is 0.263 e. The number of halogens is 1. The number of rotatable bonds is 4. The van der Waals surface area contributed by atoms with Crippen LogP contribution in [0.4, 0.5) is 5.69 Å². The highest BCUT2D eigenvalue weighted by atomic mass is 35.5. The summed E-state index contributed by atoms with van der Waals surface area (Å²) in [5, 5.41) is 1.21. The van der Waals surface area contributed by atoms with Crippen LogP contribution >= 0.6 is 22.9 Å². The molecule has 0 unspecified atom stereocenters. The van der Waals surface area contributed by atoms with Crippen LogP contribution in [-0.4, -0.2) is 16.7 Å². The minimum absolute atomic E-state index is 0.127. The van der Waals surface area contributed by atoms with Gasteiger partial charge in [0.25, 0.3) is 5.56 Å². The van der Waals surface area contributed by atoms with E-state index in [1.54, 1.807) is 42.1 Å². The third-order valence-electron chi connectivity index (χ3n) is 4.19. The Bertz CT molecular complexity index is 1260. The molecule has 0 saturated carbocycles. The fourth-order valence-corrected chi connectivity index (χ4v) is 3.90. The van der Waals surface area contributed by atoms with Crippen LogP contribution in [0.15, 0.2) is 76.6 Å². The second-order valence-corrected chi connectivity index (χ2v) is 7.46. The lowest BCUT2D eigenvalue weighted by molar-refractivity contribution is 0.414. The lowest BCUT2D eigenvalue weighted by Gasteiger charge is -2.09. The summed E-state index contributed by atoms with van der Waals surface area (Å²) >= 11 is 7.35. The Balaban J connectivity index is 1.93. The standard InChI is InChI=1S/C21H16ClN3O2S/c1-27-17-5-2-4-14(12-17)13-25-20(26)18-6-3-11-23-19(18)28-21(25)24-16-9-7-15(22)8-10-16/h2-12H,13H2,1H3. The molecule has 4 aromatic rings. The Morgan fingerprint density at radius 1 is 1.14 bits per heavy atom. The van der Waals surface area contributed by atoms with Gasteiger partial charge < -0.3 is 4.74 Å². The summed E-state index contributed by atoms with van der Waals surface area (Å²) in [4.78, 5) is 23.4. The highest BCUT2D eigenvalue weighted by Crippen LogP contribution is 2.17. The molecule has 7 heteroatoms. The summed E-state index contributed by atoms with van der Waals surface area (Å²) in [7, 11) is 1.62. The van der Waals surface area contributed by atoms with E-state index in [1.807, 2.05) is 36.4 Å². The predicted octanol–water partition coefficient (Wildman–Crippen LogP) is 4.40. The van der Waals surface area contributed by atoms with Crippen LogP contribution in [0.25, 0.3) is 10.2 Å². The van der Waals surface area contributed by atoms with Gasteiger partial charge in [-0.15, -0.1) is 0 Å². The maximum absolute atomic E-state index is 13.2. The topological polar surface area (TPSA) is 56.5 Å². The van der Waals surface area contributed by atoms with Crippen molar-refractivity contribution in [2.75, 3.05) is 7.11 Å². The molecule has 0 bridgehead atoms. The molecule has 0 radical (unpaired) electrons. The summed E-state index contributed by atoms with van der Waals surface area (Å²) in [5.41, 5.74) is 1.54. The quantitative estimate of drug-likeness (QED) is 0.502. The molecule has 2 aromatic heterocycles. The second-order valence-electron chi connectivity index (χ2n) is 6.07. The van der Waals surface area contributed by atoms with E-state index in [0.717, 1.165) is 17.0 Å². The van der Waals surface area contributed by atoms with Crippen molar-refractivity contribution in [3.8, 4) is 5.75 Å². The Morgan fingerprint density at radius 3 is 2.75 bits per heavy atom. The minimum atomic E-state index is -0.127. The van der Waals surface area contributed by atoms with Gasteiger partial charge in [-0.1, -0.05) is 35.1 Å². The van der Waals surface area contributed by atoms with Gasteiger partial charge in [0, 0.05) is 11.2 Å². The molecule has 4 rings (SSSR count). The number of ether oxygens (including phenoxy) is 1. The molecule has 0 aliphatic rings. The van der Waals surface area contributed by atoms with E-state index in [-0.39, 0.29) is 5.56 Å². The average molecular weight is 410 g/mol. The number of fused-ring (bicyclic) bond motifs is 1. The molecule has 0 amide bonds. The van der Waals surface area contributed by atoms with Crippen molar-refractivity contribution in [3.05, 3.63) is 92.6 Å². The summed E-state index contributed by atoms with van der Waals surface area (Å²) in [6.45, 7) is 0.379. The van der Waals surface area contributed by atoms with Crippen LogP contribution in [0.2, 0.25) is 5.02 Å².